The summed E-state index contributed by atoms with van der Waals surface area (Å²) in [6.45, 7) is 3.12. The van der Waals surface area contributed by atoms with Crippen molar-refractivity contribution in [3.8, 4) is 12.1 Å². The molecule has 1 aliphatic carbocycles. The first kappa shape index (κ1) is 24.5. The molecule has 6 nitrogen and oxygen atoms in total. The summed E-state index contributed by atoms with van der Waals surface area (Å²) in [5.41, 5.74) is 0.151. The molecule has 1 N–H and O–H groups in total. The van der Waals surface area contributed by atoms with E-state index in [1.165, 1.54) is 17.9 Å². The van der Waals surface area contributed by atoms with Crippen molar-refractivity contribution in [3.05, 3.63) is 69.2 Å². The van der Waals surface area contributed by atoms with Crippen molar-refractivity contribution < 1.29 is 9.50 Å². The molecule has 1 heterocycles. The number of aromatic nitrogens is 3. The first-order valence-corrected chi connectivity index (χ1v) is 12.0. The zero-order chi connectivity index (χ0) is 24.7. The zero-order valence-corrected chi connectivity index (χ0v) is 20.8. The number of aliphatic hydroxyl groups is 1. The van der Waals surface area contributed by atoms with Crippen LogP contribution in [-0.4, -0.2) is 30.3 Å². The summed E-state index contributed by atoms with van der Waals surface area (Å²) < 4.78 is 16.7. The Hall–Kier alpha value is -2.62. The maximum absolute atomic E-state index is 15.2. The van der Waals surface area contributed by atoms with E-state index >= 15 is 4.39 Å². The maximum Gasteiger partial charge on any atom is 0.191 e. The van der Waals surface area contributed by atoms with Gasteiger partial charge in [0.05, 0.1) is 33.5 Å². The summed E-state index contributed by atoms with van der Waals surface area (Å²) in [4.78, 5) is 3.45. The lowest BCUT2D eigenvalue weighted by Crippen LogP contribution is -2.47. The largest absolute Gasteiger partial charge is 0.386 e. The average Bonchev–Trinajstić information content (AvgIpc) is 3.43. The monoisotopic (exact) mass is 515 g/mol. The van der Waals surface area contributed by atoms with Crippen molar-refractivity contribution in [1.82, 2.24) is 14.8 Å². The lowest BCUT2D eigenvalue weighted by atomic mass is 9.89. The topological polar surface area (TPSA) is 98.5 Å². The fourth-order valence-electron chi connectivity index (χ4n) is 4.03. The Labute approximate surface area is 210 Å². The van der Waals surface area contributed by atoms with Crippen LogP contribution in [0.25, 0.3) is 0 Å². The lowest BCUT2D eigenvalue weighted by molar-refractivity contribution is 0.00526. The SMILES string of the molecule is Cc1c(F)c(Sc2ncnn2CC(O)(Cc2ccccc2Cl)C2(Cl)CC2)c(C#N)c(C)c1C#N. The van der Waals surface area contributed by atoms with Gasteiger partial charge in [0, 0.05) is 17.0 Å². The number of nitriles is 2. The molecule has 10 heteroatoms. The van der Waals surface area contributed by atoms with E-state index in [0.717, 1.165) is 17.3 Å². The standard InChI is InChI=1S/C24H20Cl2FN5OS/c1-14-17(10-28)15(2)20(27)21(18(14)11-29)34-22-30-13-31-32(22)12-24(33,23(26)7-8-23)9-16-5-3-4-6-19(16)25/h3-6,13,33H,7-9,12H2,1-2H3. The second-order valence-corrected chi connectivity index (χ2v) is 10.5. The molecule has 0 radical (unpaired) electrons. The van der Waals surface area contributed by atoms with E-state index in [0.29, 0.717) is 23.4 Å². The minimum atomic E-state index is -1.39. The Kier molecular flexibility index (Phi) is 6.63. The van der Waals surface area contributed by atoms with Crippen LogP contribution in [0.15, 0.2) is 40.6 Å². The summed E-state index contributed by atoms with van der Waals surface area (Å²) >= 11 is 14.0. The lowest BCUT2D eigenvalue weighted by Gasteiger charge is -2.33. The van der Waals surface area contributed by atoms with Gasteiger partial charge in [-0.2, -0.15) is 15.6 Å². The normalized spacial score (nSPS) is 15.9. The number of rotatable bonds is 7. The van der Waals surface area contributed by atoms with E-state index in [-0.39, 0.29) is 39.7 Å². The van der Waals surface area contributed by atoms with E-state index < -0.39 is 16.3 Å². The van der Waals surface area contributed by atoms with Gasteiger partial charge in [-0.15, -0.1) is 11.6 Å². The molecule has 0 spiro atoms. The highest BCUT2D eigenvalue weighted by atomic mass is 35.5. The molecule has 1 aromatic heterocycles. The average molecular weight is 516 g/mol. The molecular formula is C24H20Cl2FN5OS. The van der Waals surface area contributed by atoms with Gasteiger partial charge in [-0.3, -0.25) is 0 Å². The Bertz CT molecular complexity index is 1360. The number of hydrogen-bond acceptors (Lipinski definition) is 6. The van der Waals surface area contributed by atoms with Gasteiger partial charge in [-0.1, -0.05) is 29.8 Å². The van der Waals surface area contributed by atoms with Gasteiger partial charge in [0.15, 0.2) is 5.16 Å². The van der Waals surface area contributed by atoms with Crippen LogP contribution >= 0.6 is 35.0 Å². The van der Waals surface area contributed by atoms with Gasteiger partial charge >= 0.3 is 0 Å². The highest BCUT2D eigenvalue weighted by Gasteiger charge is 2.58. The molecule has 1 saturated carbocycles. The number of hydrogen-bond donors (Lipinski definition) is 1. The number of halogens is 3. The van der Waals surface area contributed by atoms with Crippen LogP contribution in [0.2, 0.25) is 5.02 Å². The predicted molar refractivity (Wildman–Crippen MR) is 127 cm³/mol. The fraction of sp³-hybridized carbons (Fsp3) is 0.333. The number of nitrogens with zero attached hydrogens (tertiary/aromatic N) is 5. The van der Waals surface area contributed by atoms with E-state index in [4.69, 9.17) is 23.2 Å². The van der Waals surface area contributed by atoms with Crippen LogP contribution in [0.3, 0.4) is 0 Å². The molecule has 2 aromatic carbocycles. The second kappa shape index (κ2) is 9.20. The van der Waals surface area contributed by atoms with Crippen molar-refractivity contribution in [1.29, 1.82) is 10.5 Å². The van der Waals surface area contributed by atoms with Gasteiger partial charge in [0.1, 0.15) is 23.8 Å². The third-order valence-electron chi connectivity index (χ3n) is 6.25. The van der Waals surface area contributed by atoms with Gasteiger partial charge in [0.2, 0.25) is 0 Å². The molecule has 1 atom stereocenters. The predicted octanol–water partition coefficient (Wildman–Crippen LogP) is 5.33. The molecule has 1 unspecified atom stereocenters. The van der Waals surface area contributed by atoms with Crippen molar-refractivity contribution in [2.75, 3.05) is 0 Å². The summed E-state index contributed by atoms with van der Waals surface area (Å²) in [7, 11) is 0. The number of alkyl halides is 1. The molecule has 3 aromatic rings. The molecule has 0 amide bonds. The molecular weight excluding hydrogens is 496 g/mol. The van der Waals surface area contributed by atoms with Crippen LogP contribution in [0.5, 0.6) is 0 Å². The minimum absolute atomic E-state index is 0.00179. The fourth-order valence-corrected chi connectivity index (χ4v) is 5.50. The Morgan fingerprint density at radius 3 is 2.50 bits per heavy atom. The van der Waals surface area contributed by atoms with E-state index in [1.807, 2.05) is 30.3 Å². The Balaban J connectivity index is 1.71. The van der Waals surface area contributed by atoms with Crippen LogP contribution in [0.4, 0.5) is 4.39 Å². The van der Waals surface area contributed by atoms with Crippen LogP contribution in [0, 0.1) is 42.3 Å². The van der Waals surface area contributed by atoms with Gasteiger partial charge in [0.25, 0.3) is 0 Å². The first-order valence-electron chi connectivity index (χ1n) is 10.5. The van der Waals surface area contributed by atoms with Crippen molar-refractivity contribution in [2.24, 2.45) is 0 Å². The molecule has 1 fully saturated rings. The Morgan fingerprint density at radius 1 is 1.21 bits per heavy atom. The van der Waals surface area contributed by atoms with E-state index in [2.05, 4.69) is 10.1 Å². The van der Waals surface area contributed by atoms with Crippen LogP contribution in [0.1, 0.15) is 40.7 Å². The highest BCUT2D eigenvalue weighted by Crippen LogP contribution is 2.53. The molecule has 1 aliphatic rings. The minimum Gasteiger partial charge on any atom is -0.386 e. The zero-order valence-electron chi connectivity index (χ0n) is 18.4. The molecule has 4 rings (SSSR count). The first-order chi connectivity index (χ1) is 16.1. The molecule has 34 heavy (non-hydrogen) atoms. The number of benzene rings is 2. The highest BCUT2D eigenvalue weighted by molar-refractivity contribution is 7.99. The molecule has 0 saturated heterocycles. The summed E-state index contributed by atoms with van der Waals surface area (Å²) in [5.74, 6) is -0.652. The van der Waals surface area contributed by atoms with Gasteiger partial charge < -0.3 is 5.11 Å². The third kappa shape index (κ3) is 4.28. The van der Waals surface area contributed by atoms with E-state index in [9.17, 15) is 15.6 Å². The smallest absolute Gasteiger partial charge is 0.191 e. The van der Waals surface area contributed by atoms with Crippen molar-refractivity contribution >= 4 is 35.0 Å². The molecule has 174 valence electrons. The van der Waals surface area contributed by atoms with E-state index in [1.54, 1.807) is 13.0 Å². The van der Waals surface area contributed by atoms with Gasteiger partial charge in [-0.05, 0) is 55.6 Å². The van der Waals surface area contributed by atoms with Gasteiger partial charge in [-0.25, -0.2) is 14.1 Å². The quantitative estimate of drug-likeness (QED) is 0.427. The maximum atomic E-state index is 15.2. The molecule has 0 bridgehead atoms. The second-order valence-electron chi connectivity index (χ2n) is 8.43. The van der Waals surface area contributed by atoms with Crippen molar-refractivity contribution in [2.45, 2.75) is 60.2 Å². The summed E-state index contributed by atoms with van der Waals surface area (Å²) in [5, 5.41) is 35.8. The van der Waals surface area contributed by atoms with Crippen LogP contribution < -0.4 is 0 Å². The summed E-state index contributed by atoms with van der Waals surface area (Å²) in [6, 6.07) is 11.2. The Morgan fingerprint density at radius 2 is 1.88 bits per heavy atom. The van der Waals surface area contributed by atoms with Crippen molar-refractivity contribution in [3.63, 3.8) is 0 Å². The van der Waals surface area contributed by atoms with Crippen LogP contribution in [-0.2, 0) is 13.0 Å². The molecule has 0 aliphatic heterocycles. The summed E-state index contributed by atoms with van der Waals surface area (Å²) in [6.07, 6.45) is 2.77. The third-order valence-corrected chi connectivity index (χ3v) is 8.44.